The third-order valence-corrected chi connectivity index (χ3v) is 3.52. The Hall–Kier alpha value is -1.10. The standard InChI is InChI=1S/C11H14N2O2S/c1-7-8-3-2-4-9(8)13-11(12-7)16-6-5-10(14)15/h2-6H2,1H3,(H,14,15). The van der Waals surface area contributed by atoms with Crippen molar-refractivity contribution in [1.82, 2.24) is 9.97 Å². The Labute approximate surface area is 98.5 Å². The van der Waals surface area contributed by atoms with E-state index in [9.17, 15) is 4.79 Å². The van der Waals surface area contributed by atoms with E-state index in [2.05, 4.69) is 9.97 Å². The highest BCUT2D eigenvalue weighted by molar-refractivity contribution is 7.99. The summed E-state index contributed by atoms with van der Waals surface area (Å²) in [7, 11) is 0. The highest BCUT2D eigenvalue weighted by atomic mass is 32.2. The number of hydrogen-bond donors (Lipinski definition) is 1. The summed E-state index contributed by atoms with van der Waals surface area (Å²) in [5, 5.41) is 9.27. The molecule has 0 saturated carbocycles. The fourth-order valence-electron chi connectivity index (χ4n) is 1.89. The van der Waals surface area contributed by atoms with Crippen molar-refractivity contribution >= 4 is 17.7 Å². The van der Waals surface area contributed by atoms with Gasteiger partial charge in [-0.2, -0.15) is 0 Å². The number of fused-ring (bicyclic) bond motifs is 1. The van der Waals surface area contributed by atoms with Crippen molar-refractivity contribution < 1.29 is 9.90 Å². The number of carbonyl (C=O) groups is 1. The highest BCUT2D eigenvalue weighted by Gasteiger charge is 2.17. The zero-order chi connectivity index (χ0) is 11.5. The number of thioether (sulfide) groups is 1. The molecule has 0 bridgehead atoms. The second-order valence-corrected chi connectivity index (χ2v) is 4.92. The fraction of sp³-hybridized carbons (Fsp3) is 0.545. The van der Waals surface area contributed by atoms with Gasteiger partial charge in [0.15, 0.2) is 5.16 Å². The summed E-state index contributed by atoms with van der Waals surface area (Å²) in [6.07, 6.45) is 3.44. The number of nitrogens with zero attached hydrogens (tertiary/aromatic N) is 2. The summed E-state index contributed by atoms with van der Waals surface area (Å²) in [5.41, 5.74) is 3.51. The minimum Gasteiger partial charge on any atom is -0.481 e. The molecule has 0 radical (unpaired) electrons. The molecular formula is C11H14N2O2S. The van der Waals surface area contributed by atoms with Crippen LogP contribution in [0.3, 0.4) is 0 Å². The van der Waals surface area contributed by atoms with Gasteiger partial charge in [0.2, 0.25) is 0 Å². The van der Waals surface area contributed by atoms with E-state index in [4.69, 9.17) is 5.11 Å². The number of hydrogen-bond acceptors (Lipinski definition) is 4. The second kappa shape index (κ2) is 4.82. The quantitative estimate of drug-likeness (QED) is 0.640. The van der Waals surface area contributed by atoms with Crippen molar-refractivity contribution in [3.63, 3.8) is 0 Å². The Bertz CT molecular complexity index is 421. The third-order valence-electron chi connectivity index (χ3n) is 2.67. The molecule has 0 amide bonds. The van der Waals surface area contributed by atoms with Gasteiger partial charge in [0.25, 0.3) is 0 Å². The molecule has 16 heavy (non-hydrogen) atoms. The monoisotopic (exact) mass is 238 g/mol. The first kappa shape index (κ1) is 11.4. The third kappa shape index (κ3) is 2.52. The van der Waals surface area contributed by atoms with Gasteiger partial charge in [0.1, 0.15) is 0 Å². The number of aromatic nitrogens is 2. The maximum Gasteiger partial charge on any atom is 0.304 e. The molecule has 2 rings (SSSR count). The van der Waals surface area contributed by atoms with Crippen LogP contribution in [-0.2, 0) is 17.6 Å². The molecule has 86 valence electrons. The zero-order valence-corrected chi connectivity index (χ0v) is 10.0. The van der Waals surface area contributed by atoms with Crippen LogP contribution in [0, 0.1) is 6.92 Å². The van der Waals surface area contributed by atoms with Crippen LogP contribution in [0.4, 0.5) is 0 Å². The van der Waals surface area contributed by atoms with E-state index in [0.717, 1.165) is 35.8 Å². The number of rotatable bonds is 4. The molecule has 0 spiro atoms. The molecule has 1 aliphatic rings. The lowest BCUT2D eigenvalue weighted by molar-refractivity contribution is -0.136. The van der Waals surface area contributed by atoms with Gasteiger partial charge in [-0.05, 0) is 31.7 Å². The summed E-state index contributed by atoms with van der Waals surface area (Å²) in [6, 6.07) is 0. The number of aryl methyl sites for hydroxylation is 2. The summed E-state index contributed by atoms with van der Waals surface area (Å²) >= 11 is 1.43. The number of carboxylic acid groups (broad SMARTS) is 1. The first-order valence-electron chi connectivity index (χ1n) is 5.38. The Kier molecular flexibility index (Phi) is 3.43. The van der Waals surface area contributed by atoms with Gasteiger partial charge < -0.3 is 5.11 Å². The normalized spacial score (nSPS) is 13.8. The van der Waals surface area contributed by atoms with Crippen molar-refractivity contribution in [2.75, 3.05) is 5.75 Å². The van der Waals surface area contributed by atoms with Gasteiger partial charge in [0, 0.05) is 17.1 Å². The van der Waals surface area contributed by atoms with E-state index >= 15 is 0 Å². The van der Waals surface area contributed by atoms with Gasteiger partial charge in [-0.1, -0.05) is 11.8 Å². The summed E-state index contributed by atoms with van der Waals surface area (Å²) in [5.74, 6) is -0.238. The summed E-state index contributed by atoms with van der Waals surface area (Å²) in [6.45, 7) is 2.01. The van der Waals surface area contributed by atoms with Gasteiger partial charge in [-0.15, -0.1) is 0 Å². The van der Waals surface area contributed by atoms with Crippen molar-refractivity contribution in [3.05, 3.63) is 17.0 Å². The Morgan fingerprint density at radius 1 is 1.44 bits per heavy atom. The SMILES string of the molecule is Cc1nc(SCCC(=O)O)nc2c1CCC2. The molecule has 0 saturated heterocycles. The second-order valence-electron chi connectivity index (χ2n) is 3.86. The average Bonchev–Trinajstić information content (AvgIpc) is 2.65. The first-order valence-corrected chi connectivity index (χ1v) is 6.36. The molecule has 1 aromatic heterocycles. The minimum absolute atomic E-state index is 0.157. The van der Waals surface area contributed by atoms with Crippen LogP contribution in [0.5, 0.6) is 0 Å². The molecule has 4 nitrogen and oxygen atoms in total. The topological polar surface area (TPSA) is 63.1 Å². The average molecular weight is 238 g/mol. The van der Waals surface area contributed by atoms with Gasteiger partial charge >= 0.3 is 5.97 Å². The van der Waals surface area contributed by atoms with Crippen molar-refractivity contribution in [2.24, 2.45) is 0 Å². The van der Waals surface area contributed by atoms with E-state index in [1.807, 2.05) is 6.92 Å². The molecule has 1 N–H and O–H groups in total. The van der Waals surface area contributed by atoms with Gasteiger partial charge in [0.05, 0.1) is 6.42 Å². The molecule has 0 fully saturated rings. The predicted octanol–water partition coefficient (Wildman–Crippen LogP) is 1.84. The summed E-state index contributed by atoms with van der Waals surface area (Å²) < 4.78 is 0. The molecular weight excluding hydrogens is 224 g/mol. The van der Waals surface area contributed by atoms with E-state index in [-0.39, 0.29) is 6.42 Å². The zero-order valence-electron chi connectivity index (χ0n) is 9.19. The molecule has 1 aromatic rings. The van der Waals surface area contributed by atoms with Crippen molar-refractivity contribution in [3.8, 4) is 0 Å². The summed E-state index contributed by atoms with van der Waals surface area (Å²) in [4.78, 5) is 19.3. The van der Waals surface area contributed by atoms with Crippen LogP contribution in [0.25, 0.3) is 0 Å². The minimum atomic E-state index is -0.773. The molecule has 0 unspecified atom stereocenters. The van der Waals surface area contributed by atoms with Crippen LogP contribution >= 0.6 is 11.8 Å². The molecule has 0 atom stereocenters. The van der Waals surface area contributed by atoms with Crippen LogP contribution in [0.2, 0.25) is 0 Å². The number of aliphatic carboxylic acids is 1. The van der Waals surface area contributed by atoms with Crippen LogP contribution in [0.1, 0.15) is 29.8 Å². The highest BCUT2D eigenvalue weighted by Crippen LogP contribution is 2.25. The van der Waals surface area contributed by atoms with Crippen LogP contribution in [-0.4, -0.2) is 26.8 Å². The smallest absolute Gasteiger partial charge is 0.304 e. The van der Waals surface area contributed by atoms with E-state index in [1.165, 1.54) is 17.3 Å². The van der Waals surface area contributed by atoms with Gasteiger partial charge in [-0.3, -0.25) is 4.79 Å². The molecule has 1 aliphatic carbocycles. The number of carboxylic acids is 1. The van der Waals surface area contributed by atoms with Gasteiger partial charge in [-0.25, -0.2) is 9.97 Å². The van der Waals surface area contributed by atoms with Crippen molar-refractivity contribution in [1.29, 1.82) is 0 Å². The molecule has 5 heteroatoms. The Morgan fingerprint density at radius 3 is 3.00 bits per heavy atom. The lowest BCUT2D eigenvalue weighted by Crippen LogP contribution is -2.01. The van der Waals surface area contributed by atoms with Crippen LogP contribution in [0.15, 0.2) is 5.16 Å². The fourth-order valence-corrected chi connectivity index (χ4v) is 2.72. The van der Waals surface area contributed by atoms with E-state index < -0.39 is 5.97 Å². The lowest BCUT2D eigenvalue weighted by Gasteiger charge is -2.05. The molecule has 0 aliphatic heterocycles. The van der Waals surface area contributed by atoms with E-state index in [1.54, 1.807) is 0 Å². The largest absolute Gasteiger partial charge is 0.481 e. The van der Waals surface area contributed by atoms with E-state index in [0.29, 0.717) is 5.75 Å². The molecule has 0 aromatic carbocycles. The Balaban J connectivity index is 2.05. The van der Waals surface area contributed by atoms with Crippen molar-refractivity contribution in [2.45, 2.75) is 37.8 Å². The molecule has 1 heterocycles. The lowest BCUT2D eigenvalue weighted by atomic mass is 10.2. The first-order chi connectivity index (χ1) is 7.66. The maximum atomic E-state index is 10.4. The van der Waals surface area contributed by atoms with Crippen LogP contribution < -0.4 is 0 Å². The predicted molar refractivity (Wildman–Crippen MR) is 61.8 cm³/mol. The maximum absolute atomic E-state index is 10.4. The Morgan fingerprint density at radius 2 is 2.25 bits per heavy atom.